The van der Waals surface area contributed by atoms with E-state index in [0.717, 1.165) is 45.6 Å². The van der Waals surface area contributed by atoms with Crippen molar-refractivity contribution in [3.8, 4) is 11.1 Å². The maximum Gasteiger partial charge on any atom is 0.303 e. The van der Waals surface area contributed by atoms with Crippen LogP contribution < -0.4 is 5.32 Å². The molecule has 31 heavy (non-hydrogen) atoms. The first kappa shape index (κ1) is 23.1. The van der Waals surface area contributed by atoms with Crippen molar-refractivity contribution in [3.63, 3.8) is 0 Å². The van der Waals surface area contributed by atoms with Gasteiger partial charge in [-0.25, -0.2) is 8.72 Å². The second kappa shape index (κ2) is 10.6. The molecular formula is C22H28N4O4S. The van der Waals surface area contributed by atoms with E-state index in [1.54, 1.807) is 0 Å². The summed E-state index contributed by atoms with van der Waals surface area (Å²) in [5.74, 6) is -0.852. The molecule has 0 spiro atoms. The molecule has 1 atom stereocenters. The molecule has 0 bridgehead atoms. The van der Waals surface area contributed by atoms with Gasteiger partial charge in [0, 0.05) is 42.2 Å². The molecule has 0 saturated carbocycles. The Bertz CT molecular complexity index is 1100. The van der Waals surface area contributed by atoms with E-state index in [4.69, 9.17) is 14.8 Å². The highest BCUT2D eigenvalue weighted by Crippen LogP contribution is 2.33. The van der Waals surface area contributed by atoms with E-state index in [2.05, 4.69) is 35.4 Å². The summed E-state index contributed by atoms with van der Waals surface area (Å²) in [5.41, 5.74) is 6.91. The van der Waals surface area contributed by atoms with Crippen molar-refractivity contribution in [2.24, 2.45) is 0 Å². The Morgan fingerprint density at radius 3 is 2.74 bits per heavy atom. The Balaban J connectivity index is 2.13. The van der Waals surface area contributed by atoms with Crippen LogP contribution in [0.15, 0.2) is 30.6 Å². The lowest BCUT2D eigenvalue weighted by Crippen LogP contribution is -2.21. The van der Waals surface area contributed by atoms with Gasteiger partial charge in [-0.1, -0.05) is 6.92 Å². The van der Waals surface area contributed by atoms with Crippen LogP contribution in [0.3, 0.4) is 0 Å². The quantitative estimate of drug-likeness (QED) is 0.307. The van der Waals surface area contributed by atoms with Gasteiger partial charge in [0.15, 0.2) is 11.1 Å². The van der Waals surface area contributed by atoms with E-state index < -0.39 is 17.0 Å². The summed E-state index contributed by atoms with van der Waals surface area (Å²) >= 11 is -1.95. The second-order valence-corrected chi connectivity index (χ2v) is 8.45. The highest BCUT2D eigenvalue weighted by Gasteiger charge is 2.19. The Hall–Kier alpha value is -2.62. The summed E-state index contributed by atoms with van der Waals surface area (Å²) < 4.78 is 22.2. The number of aromatic nitrogens is 3. The summed E-state index contributed by atoms with van der Waals surface area (Å²) in [6.07, 6.45) is 6.52. The van der Waals surface area contributed by atoms with Gasteiger partial charge in [0.2, 0.25) is 0 Å². The average Bonchev–Trinajstić information content (AvgIpc) is 3.13. The zero-order valence-electron chi connectivity index (χ0n) is 17.8. The van der Waals surface area contributed by atoms with Crippen LogP contribution in [0.2, 0.25) is 0 Å². The van der Waals surface area contributed by atoms with Gasteiger partial charge in [0.05, 0.1) is 17.1 Å². The van der Waals surface area contributed by atoms with Crippen molar-refractivity contribution < 1.29 is 18.7 Å². The van der Waals surface area contributed by atoms with Crippen LogP contribution in [-0.4, -0.2) is 40.3 Å². The van der Waals surface area contributed by atoms with Gasteiger partial charge in [0.25, 0.3) is 0 Å². The first-order valence-corrected chi connectivity index (χ1v) is 11.6. The van der Waals surface area contributed by atoms with Gasteiger partial charge in [0.1, 0.15) is 0 Å². The number of nitrogens with zero attached hydrogens (tertiary/aromatic N) is 3. The number of rotatable bonds is 11. The molecule has 0 aromatic carbocycles. The summed E-state index contributed by atoms with van der Waals surface area (Å²) in [5, 5.41) is 16.8. The smallest absolute Gasteiger partial charge is 0.303 e. The molecule has 0 fully saturated rings. The van der Waals surface area contributed by atoms with E-state index in [0.29, 0.717) is 25.8 Å². The number of carbonyl (C=O) groups is 1. The van der Waals surface area contributed by atoms with Crippen molar-refractivity contribution >= 4 is 22.6 Å². The lowest BCUT2D eigenvalue weighted by molar-refractivity contribution is -0.137. The molecular weight excluding hydrogens is 416 g/mol. The molecule has 8 nitrogen and oxygen atoms in total. The maximum atomic E-state index is 11.1. The third-order valence-corrected chi connectivity index (χ3v) is 5.62. The van der Waals surface area contributed by atoms with Crippen LogP contribution in [0.25, 0.3) is 16.6 Å². The molecule has 166 valence electrons. The van der Waals surface area contributed by atoms with Crippen LogP contribution in [0, 0.1) is 6.92 Å². The number of aliphatic carboxylic acids is 1. The minimum Gasteiger partial charge on any atom is -0.481 e. The van der Waals surface area contributed by atoms with Crippen molar-refractivity contribution in [2.75, 3.05) is 5.88 Å². The lowest BCUT2D eigenvalue weighted by Gasteiger charge is -2.18. The van der Waals surface area contributed by atoms with Gasteiger partial charge < -0.3 is 9.66 Å². The molecule has 9 heteroatoms. The SMILES string of the molecule is CCc1ccc2c(-c3cncc(C)c3)c(CCCCC(=O)O)c(CNCS(=O)O)nn12. The molecule has 1 unspecified atom stereocenters. The number of carboxylic acids is 1. The van der Waals surface area contributed by atoms with Crippen LogP contribution in [0.4, 0.5) is 0 Å². The van der Waals surface area contributed by atoms with Crippen LogP contribution in [0.5, 0.6) is 0 Å². The third kappa shape index (κ3) is 5.75. The number of aryl methyl sites for hydroxylation is 2. The van der Waals surface area contributed by atoms with Crippen LogP contribution >= 0.6 is 0 Å². The summed E-state index contributed by atoms with van der Waals surface area (Å²) in [6.45, 7) is 4.41. The molecule has 3 aromatic heterocycles. The van der Waals surface area contributed by atoms with Crippen molar-refractivity contribution in [3.05, 3.63) is 53.1 Å². The zero-order chi connectivity index (χ0) is 22.4. The van der Waals surface area contributed by atoms with E-state index in [9.17, 15) is 9.00 Å². The first-order chi connectivity index (χ1) is 14.9. The number of carboxylic acid groups (broad SMARTS) is 1. The van der Waals surface area contributed by atoms with E-state index in [-0.39, 0.29) is 12.3 Å². The normalized spacial score (nSPS) is 12.4. The van der Waals surface area contributed by atoms with E-state index in [1.807, 2.05) is 23.8 Å². The molecule has 0 aliphatic heterocycles. The number of fused-ring (bicyclic) bond motifs is 1. The van der Waals surface area contributed by atoms with Crippen molar-refractivity contribution in [2.45, 2.75) is 52.5 Å². The fraction of sp³-hybridized carbons (Fsp3) is 0.409. The van der Waals surface area contributed by atoms with Crippen molar-refractivity contribution in [1.82, 2.24) is 19.9 Å². The summed E-state index contributed by atoms with van der Waals surface area (Å²) in [4.78, 5) is 15.3. The molecule has 3 N–H and O–H groups in total. The monoisotopic (exact) mass is 444 g/mol. The summed E-state index contributed by atoms with van der Waals surface area (Å²) in [7, 11) is 0. The highest BCUT2D eigenvalue weighted by molar-refractivity contribution is 7.79. The van der Waals surface area contributed by atoms with Gasteiger partial charge in [-0.05, 0) is 61.9 Å². The zero-order valence-corrected chi connectivity index (χ0v) is 18.6. The molecule has 0 saturated heterocycles. The van der Waals surface area contributed by atoms with Gasteiger partial charge in [-0.2, -0.15) is 5.10 Å². The minimum atomic E-state index is -1.95. The predicted molar refractivity (Wildman–Crippen MR) is 120 cm³/mol. The average molecular weight is 445 g/mol. The lowest BCUT2D eigenvalue weighted by atomic mass is 9.94. The molecule has 3 heterocycles. The molecule has 0 aliphatic rings. The Morgan fingerprint density at radius 1 is 1.26 bits per heavy atom. The minimum absolute atomic E-state index is 0.0498. The Morgan fingerprint density at radius 2 is 2.06 bits per heavy atom. The fourth-order valence-corrected chi connectivity index (χ4v) is 4.06. The Kier molecular flexibility index (Phi) is 7.89. The third-order valence-electron chi connectivity index (χ3n) is 5.17. The maximum absolute atomic E-state index is 11.1. The second-order valence-electron chi connectivity index (χ2n) is 7.52. The Labute approximate surface area is 184 Å². The standard InChI is InChI=1S/C22H28N4O4S/c1-3-17-8-9-20-22(16-10-15(2)11-23-12-16)18(6-4-5-7-21(27)28)19(25-26(17)20)13-24-14-31(29)30/h8-12,24H,3-7,13-14H2,1-2H3,(H,27,28)(H,29,30). The molecule has 0 aliphatic carbocycles. The number of hydrogen-bond acceptors (Lipinski definition) is 5. The molecule has 0 radical (unpaired) electrons. The number of nitrogens with one attached hydrogen (secondary N) is 1. The first-order valence-electron chi connectivity index (χ1n) is 10.3. The number of unbranched alkanes of at least 4 members (excludes halogenated alkanes) is 1. The molecule has 3 aromatic rings. The topological polar surface area (TPSA) is 117 Å². The van der Waals surface area contributed by atoms with Crippen LogP contribution in [-0.2, 0) is 35.3 Å². The summed E-state index contributed by atoms with van der Waals surface area (Å²) in [6, 6.07) is 6.20. The van der Waals surface area contributed by atoms with Crippen molar-refractivity contribution in [1.29, 1.82) is 0 Å². The highest BCUT2D eigenvalue weighted by atomic mass is 32.2. The van der Waals surface area contributed by atoms with Gasteiger partial charge in [-0.15, -0.1) is 0 Å². The number of pyridine rings is 1. The van der Waals surface area contributed by atoms with Gasteiger partial charge >= 0.3 is 5.97 Å². The fourth-order valence-electron chi connectivity index (χ4n) is 3.79. The van der Waals surface area contributed by atoms with E-state index in [1.165, 1.54) is 0 Å². The molecule has 0 amide bonds. The van der Waals surface area contributed by atoms with E-state index >= 15 is 0 Å². The largest absolute Gasteiger partial charge is 0.481 e. The number of hydrogen-bond donors (Lipinski definition) is 3. The van der Waals surface area contributed by atoms with Crippen LogP contribution in [0.1, 0.15) is 48.7 Å². The predicted octanol–water partition coefficient (Wildman–Crippen LogP) is 3.33. The van der Waals surface area contributed by atoms with Gasteiger partial charge in [-0.3, -0.25) is 15.1 Å². The molecule has 3 rings (SSSR count).